The van der Waals surface area contributed by atoms with Gasteiger partial charge in [-0.15, -0.1) is 0 Å². The van der Waals surface area contributed by atoms with Crippen molar-refractivity contribution in [2.24, 2.45) is 5.41 Å². The van der Waals surface area contributed by atoms with Crippen LogP contribution < -0.4 is 11.2 Å². The number of imidazole rings is 1. The SMILES string of the molecule is CCCn1c(=O)c2[nH]c(C34CCC(C=CC(=O)O)(CC3)CO4)nc2n(CCC)c1=O. The maximum Gasteiger partial charge on any atom is 0.332 e. The van der Waals surface area contributed by atoms with Crippen LogP contribution in [0.2, 0.25) is 0 Å². The Hall–Kier alpha value is -2.68. The van der Waals surface area contributed by atoms with Crippen LogP contribution in [-0.4, -0.2) is 36.8 Å². The topological polar surface area (TPSA) is 119 Å². The fraction of sp³-hybridized carbons (Fsp3) is 0.619. The number of aryl methyl sites for hydroxylation is 1. The summed E-state index contributed by atoms with van der Waals surface area (Å²) in [7, 11) is 0. The summed E-state index contributed by atoms with van der Waals surface area (Å²) >= 11 is 0. The van der Waals surface area contributed by atoms with Gasteiger partial charge in [-0.25, -0.2) is 14.6 Å². The first-order valence-corrected chi connectivity index (χ1v) is 10.6. The third-order valence-electron chi connectivity index (χ3n) is 6.46. The Kier molecular flexibility index (Phi) is 5.17. The van der Waals surface area contributed by atoms with E-state index in [9.17, 15) is 14.4 Å². The number of fused-ring (bicyclic) bond motifs is 4. The second-order valence-corrected chi connectivity index (χ2v) is 8.49. The first-order chi connectivity index (χ1) is 14.3. The van der Waals surface area contributed by atoms with Gasteiger partial charge in [0.05, 0.1) is 6.61 Å². The molecule has 5 rings (SSSR count). The van der Waals surface area contributed by atoms with Gasteiger partial charge in [0.2, 0.25) is 0 Å². The zero-order valence-corrected chi connectivity index (χ0v) is 17.4. The van der Waals surface area contributed by atoms with Crippen molar-refractivity contribution < 1.29 is 14.6 Å². The van der Waals surface area contributed by atoms with Gasteiger partial charge < -0.3 is 14.8 Å². The zero-order valence-electron chi connectivity index (χ0n) is 17.4. The van der Waals surface area contributed by atoms with Crippen molar-refractivity contribution in [2.75, 3.05) is 6.61 Å². The van der Waals surface area contributed by atoms with Crippen LogP contribution in [0, 0.1) is 5.41 Å². The van der Waals surface area contributed by atoms with Crippen molar-refractivity contribution in [3.05, 3.63) is 38.8 Å². The molecule has 9 nitrogen and oxygen atoms in total. The smallest absolute Gasteiger partial charge is 0.332 e. The molecule has 2 saturated heterocycles. The van der Waals surface area contributed by atoms with Gasteiger partial charge in [0.1, 0.15) is 16.9 Å². The van der Waals surface area contributed by atoms with Gasteiger partial charge in [-0.3, -0.25) is 13.9 Å². The fourth-order valence-electron chi connectivity index (χ4n) is 4.72. The third kappa shape index (κ3) is 3.21. The Morgan fingerprint density at radius 3 is 2.40 bits per heavy atom. The van der Waals surface area contributed by atoms with E-state index in [0.717, 1.165) is 19.3 Å². The number of ether oxygens (including phenoxy) is 1. The Balaban J connectivity index is 1.76. The molecule has 2 N–H and O–H groups in total. The first-order valence-electron chi connectivity index (χ1n) is 10.6. The van der Waals surface area contributed by atoms with Crippen molar-refractivity contribution in [2.45, 2.75) is 71.1 Å². The number of carboxylic acids is 1. The minimum atomic E-state index is -0.957. The van der Waals surface area contributed by atoms with Crippen molar-refractivity contribution in [3.8, 4) is 0 Å². The number of rotatable bonds is 7. The number of hydrogen-bond acceptors (Lipinski definition) is 5. The van der Waals surface area contributed by atoms with Gasteiger partial charge >= 0.3 is 11.7 Å². The highest BCUT2D eigenvalue weighted by molar-refractivity contribution is 5.79. The lowest BCUT2D eigenvalue weighted by Gasteiger charge is -2.51. The molecule has 0 aromatic carbocycles. The molecule has 3 fully saturated rings. The molecular formula is C21H28N4O5. The summed E-state index contributed by atoms with van der Waals surface area (Å²) in [6.07, 6.45) is 7.32. The van der Waals surface area contributed by atoms with E-state index in [1.165, 1.54) is 10.6 Å². The highest BCUT2D eigenvalue weighted by atomic mass is 16.5. The lowest BCUT2D eigenvalue weighted by atomic mass is 9.65. The number of aromatic nitrogens is 4. The molecule has 162 valence electrons. The molecule has 2 aliphatic heterocycles. The average molecular weight is 416 g/mol. The second-order valence-electron chi connectivity index (χ2n) is 8.49. The van der Waals surface area contributed by atoms with Gasteiger partial charge in [0, 0.05) is 24.6 Å². The molecule has 1 saturated carbocycles. The molecule has 2 aromatic heterocycles. The molecule has 3 aliphatic rings. The number of hydrogen-bond donors (Lipinski definition) is 2. The molecule has 2 aromatic rings. The summed E-state index contributed by atoms with van der Waals surface area (Å²) in [5.41, 5.74) is -0.822. The fourth-order valence-corrected chi connectivity index (χ4v) is 4.72. The molecule has 2 bridgehead atoms. The molecule has 1 aliphatic carbocycles. The number of carboxylic acid groups (broad SMARTS) is 1. The quantitative estimate of drug-likeness (QED) is 0.668. The van der Waals surface area contributed by atoms with Gasteiger partial charge in [0.25, 0.3) is 5.56 Å². The second kappa shape index (κ2) is 7.54. The molecule has 0 radical (unpaired) electrons. The summed E-state index contributed by atoms with van der Waals surface area (Å²) in [5.74, 6) is -0.370. The Bertz CT molecular complexity index is 1100. The molecule has 0 amide bonds. The number of H-pyrrole nitrogens is 1. The van der Waals surface area contributed by atoms with Crippen LogP contribution in [0.1, 0.15) is 58.2 Å². The highest BCUT2D eigenvalue weighted by Gasteiger charge is 2.51. The summed E-state index contributed by atoms with van der Waals surface area (Å²) in [5, 5.41) is 8.95. The Morgan fingerprint density at radius 2 is 1.83 bits per heavy atom. The molecule has 4 heterocycles. The zero-order chi connectivity index (χ0) is 21.5. The molecule has 0 atom stereocenters. The molecule has 0 spiro atoms. The lowest BCUT2D eigenvalue weighted by Crippen LogP contribution is -2.49. The maximum atomic E-state index is 13.0. The van der Waals surface area contributed by atoms with Crippen LogP contribution in [0.15, 0.2) is 21.7 Å². The standard InChI is InChI=1S/C21H28N4O5/c1-3-11-24-16-15(17(28)25(12-4-2)19(24)29)22-18(23-16)21-9-7-20(8-10-21,13-30-21)6-5-14(26)27/h5-6H,3-4,7-13H2,1-2H3,(H,22,23)(H,26,27). The van der Waals surface area contributed by atoms with Crippen molar-refractivity contribution >= 4 is 17.1 Å². The van der Waals surface area contributed by atoms with Crippen LogP contribution in [0.5, 0.6) is 0 Å². The van der Waals surface area contributed by atoms with E-state index in [2.05, 4.69) is 4.98 Å². The number of nitrogens with one attached hydrogen (secondary N) is 1. The van der Waals surface area contributed by atoms with Gasteiger partial charge in [-0.1, -0.05) is 19.9 Å². The van der Waals surface area contributed by atoms with Gasteiger partial charge in [-0.2, -0.15) is 0 Å². The van der Waals surface area contributed by atoms with E-state index >= 15 is 0 Å². The van der Waals surface area contributed by atoms with Gasteiger partial charge in [0.15, 0.2) is 5.65 Å². The molecule has 30 heavy (non-hydrogen) atoms. The normalized spacial score (nSPS) is 26.1. The lowest BCUT2D eigenvalue weighted by molar-refractivity contribution is -0.178. The maximum absolute atomic E-state index is 13.0. The van der Waals surface area contributed by atoms with Crippen molar-refractivity contribution in [3.63, 3.8) is 0 Å². The summed E-state index contributed by atoms with van der Waals surface area (Å²) in [4.78, 5) is 44.7. The van der Waals surface area contributed by atoms with Crippen molar-refractivity contribution in [1.82, 2.24) is 19.1 Å². The molecule has 0 unspecified atom stereocenters. The predicted molar refractivity (Wildman–Crippen MR) is 111 cm³/mol. The van der Waals surface area contributed by atoms with E-state index in [1.54, 1.807) is 10.6 Å². The molecule has 9 heteroatoms. The van der Waals surface area contributed by atoms with E-state index < -0.39 is 11.6 Å². The van der Waals surface area contributed by atoms with Crippen LogP contribution in [0.4, 0.5) is 0 Å². The predicted octanol–water partition coefficient (Wildman–Crippen LogP) is 2.13. The first kappa shape index (κ1) is 20.6. The minimum absolute atomic E-state index is 0.260. The van der Waals surface area contributed by atoms with Crippen molar-refractivity contribution in [1.29, 1.82) is 0 Å². The summed E-state index contributed by atoms with van der Waals surface area (Å²) in [6, 6.07) is 0. The summed E-state index contributed by atoms with van der Waals surface area (Å²) in [6.45, 7) is 5.18. The number of carbonyl (C=O) groups is 1. The van der Waals surface area contributed by atoms with E-state index in [0.29, 0.717) is 55.9 Å². The van der Waals surface area contributed by atoms with E-state index in [4.69, 9.17) is 14.8 Å². The number of nitrogens with zero attached hydrogens (tertiary/aromatic N) is 3. The minimum Gasteiger partial charge on any atom is -0.478 e. The van der Waals surface area contributed by atoms with Crippen LogP contribution in [0.3, 0.4) is 0 Å². The monoisotopic (exact) mass is 416 g/mol. The Labute approximate surface area is 173 Å². The highest BCUT2D eigenvalue weighted by Crippen LogP contribution is 2.53. The average Bonchev–Trinajstić information content (AvgIpc) is 3.20. The number of aromatic amines is 1. The van der Waals surface area contributed by atoms with Crippen LogP contribution >= 0.6 is 0 Å². The van der Waals surface area contributed by atoms with E-state index in [-0.39, 0.29) is 16.7 Å². The van der Waals surface area contributed by atoms with Gasteiger partial charge in [-0.05, 0) is 38.5 Å². The third-order valence-corrected chi connectivity index (χ3v) is 6.46. The largest absolute Gasteiger partial charge is 0.478 e. The van der Waals surface area contributed by atoms with Crippen LogP contribution in [-0.2, 0) is 28.2 Å². The summed E-state index contributed by atoms with van der Waals surface area (Å²) < 4.78 is 9.09. The Morgan fingerprint density at radius 1 is 1.17 bits per heavy atom. The van der Waals surface area contributed by atoms with Crippen LogP contribution in [0.25, 0.3) is 11.2 Å². The number of aliphatic carboxylic acids is 1. The van der Waals surface area contributed by atoms with E-state index in [1.807, 2.05) is 13.8 Å². The molecular weight excluding hydrogens is 388 g/mol.